The van der Waals surface area contributed by atoms with E-state index < -0.39 is 12.2 Å². The second-order valence-electron chi connectivity index (χ2n) is 6.51. The summed E-state index contributed by atoms with van der Waals surface area (Å²) in [6, 6.07) is 0. The molecule has 0 aromatic rings. The molecule has 0 saturated carbocycles. The summed E-state index contributed by atoms with van der Waals surface area (Å²) in [4.78, 5) is 0. The van der Waals surface area contributed by atoms with Gasteiger partial charge in [0.2, 0.25) is 0 Å². The van der Waals surface area contributed by atoms with Crippen molar-refractivity contribution in [2.45, 2.75) is 60.2 Å². The molecule has 0 aliphatic carbocycles. The third-order valence-electron chi connectivity index (χ3n) is 2.66. The monoisotopic (exact) mass is 214 g/mol. The summed E-state index contributed by atoms with van der Waals surface area (Å²) < 4.78 is 0. The molecule has 2 heteroatoms. The van der Waals surface area contributed by atoms with Gasteiger partial charge in [-0.3, -0.25) is 0 Å². The average Bonchev–Trinajstić information content (AvgIpc) is 1.99. The van der Waals surface area contributed by atoms with Crippen LogP contribution in [-0.4, -0.2) is 22.4 Å². The summed E-state index contributed by atoms with van der Waals surface area (Å²) in [6.45, 7) is 15.7. The van der Waals surface area contributed by atoms with Crippen molar-refractivity contribution in [3.05, 3.63) is 12.2 Å². The molecule has 0 bridgehead atoms. The van der Waals surface area contributed by atoms with Crippen LogP contribution in [0.25, 0.3) is 0 Å². The van der Waals surface area contributed by atoms with Crippen molar-refractivity contribution in [1.82, 2.24) is 0 Å². The zero-order chi connectivity index (χ0) is 12.4. The molecule has 0 aliphatic heterocycles. The van der Waals surface area contributed by atoms with E-state index in [9.17, 15) is 10.2 Å². The Hall–Kier alpha value is -0.340. The molecule has 2 N–H and O–H groups in total. The molecule has 90 valence electrons. The molecular weight excluding hydrogens is 188 g/mol. The summed E-state index contributed by atoms with van der Waals surface area (Å²) in [6.07, 6.45) is -0.557. The molecule has 0 aliphatic rings. The van der Waals surface area contributed by atoms with Gasteiger partial charge < -0.3 is 10.2 Å². The van der Waals surface area contributed by atoms with Gasteiger partial charge >= 0.3 is 0 Å². The average molecular weight is 214 g/mol. The van der Waals surface area contributed by atoms with Crippen molar-refractivity contribution < 1.29 is 10.2 Å². The second-order valence-corrected chi connectivity index (χ2v) is 6.51. The SMILES string of the molecule is C=C(C[C@@H](O)C(C)(C)C)[C@@H](O)C(C)(C)C. The molecule has 0 fully saturated rings. The van der Waals surface area contributed by atoms with E-state index in [0.717, 1.165) is 0 Å². The highest BCUT2D eigenvalue weighted by atomic mass is 16.3. The lowest BCUT2D eigenvalue weighted by Crippen LogP contribution is -2.32. The van der Waals surface area contributed by atoms with Crippen LogP contribution in [0, 0.1) is 10.8 Å². The van der Waals surface area contributed by atoms with Crippen LogP contribution in [0.5, 0.6) is 0 Å². The quantitative estimate of drug-likeness (QED) is 0.709. The lowest BCUT2D eigenvalue weighted by Gasteiger charge is -2.32. The van der Waals surface area contributed by atoms with Crippen molar-refractivity contribution in [2.75, 3.05) is 0 Å². The van der Waals surface area contributed by atoms with E-state index in [1.807, 2.05) is 41.5 Å². The summed E-state index contributed by atoms with van der Waals surface area (Å²) in [5, 5.41) is 19.9. The molecular formula is C13H26O2. The Balaban J connectivity index is 4.39. The van der Waals surface area contributed by atoms with Gasteiger partial charge in [0.05, 0.1) is 12.2 Å². The normalized spacial score (nSPS) is 17.3. The number of rotatable bonds is 3. The number of aliphatic hydroxyl groups excluding tert-OH is 2. The van der Waals surface area contributed by atoms with E-state index in [0.29, 0.717) is 12.0 Å². The van der Waals surface area contributed by atoms with Crippen LogP contribution in [0.2, 0.25) is 0 Å². The van der Waals surface area contributed by atoms with Crippen LogP contribution < -0.4 is 0 Å². The molecule has 0 saturated heterocycles. The van der Waals surface area contributed by atoms with Gasteiger partial charge in [-0.05, 0) is 22.8 Å². The van der Waals surface area contributed by atoms with Gasteiger partial charge in [0.25, 0.3) is 0 Å². The van der Waals surface area contributed by atoms with Crippen molar-refractivity contribution in [2.24, 2.45) is 10.8 Å². The Kier molecular flexibility index (Phi) is 4.56. The molecule has 0 unspecified atom stereocenters. The van der Waals surface area contributed by atoms with Crippen LogP contribution in [0.3, 0.4) is 0 Å². The van der Waals surface area contributed by atoms with E-state index in [2.05, 4.69) is 6.58 Å². The van der Waals surface area contributed by atoms with Gasteiger partial charge in [0.15, 0.2) is 0 Å². The van der Waals surface area contributed by atoms with Crippen molar-refractivity contribution in [1.29, 1.82) is 0 Å². The molecule has 15 heavy (non-hydrogen) atoms. The molecule has 0 radical (unpaired) electrons. The highest BCUT2D eigenvalue weighted by Crippen LogP contribution is 2.30. The summed E-state index contributed by atoms with van der Waals surface area (Å²) in [7, 11) is 0. The maximum Gasteiger partial charge on any atom is 0.0796 e. The fourth-order valence-electron chi connectivity index (χ4n) is 1.28. The minimum atomic E-state index is -0.561. The fraction of sp³-hybridized carbons (Fsp3) is 0.846. The highest BCUT2D eigenvalue weighted by molar-refractivity contribution is 5.08. The Morgan fingerprint density at radius 2 is 1.40 bits per heavy atom. The molecule has 0 aromatic carbocycles. The lowest BCUT2D eigenvalue weighted by molar-refractivity contribution is 0.0435. The Morgan fingerprint density at radius 1 is 1.00 bits per heavy atom. The zero-order valence-corrected chi connectivity index (χ0v) is 11.0. The van der Waals surface area contributed by atoms with Crippen LogP contribution >= 0.6 is 0 Å². The molecule has 0 heterocycles. The van der Waals surface area contributed by atoms with Gasteiger partial charge in [-0.15, -0.1) is 0 Å². The number of hydrogen-bond donors (Lipinski definition) is 2. The molecule has 0 rings (SSSR count). The summed E-state index contributed by atoms with van der Waals surface area (Å²) in [5.41, 5.74) is 0.333. The Labute approximate surface area is 94.0 Å². The zero-order valence-electron chi connectivity index (χ0n) is 11.0. The molecule has 2 atom stereocenters. The number of aliphatic hydroxyl groups is 2. The number of hydrogen-bond acceptors (Lipinski definition) is 2. The van der Waals surface area contributed by atoms with Gasteiger partial charge in [-0.1, -0.05) is 48.1 Å². The highest BCUT2D eigenvalue weighted by Gasteiger charge is 2.29. The maximum absolute atomic E-state index is 9.96. The standard InChI is InChI=1S/C13H26O2/c1-9(11(15)13(5,6)7)8-10(14)12(2,3)4/h10-11,14-15H,1,8H2,2-7H3/t10-,11-/m1/s1. The largest absolute Gasteiger partial charge is 0.392 e. The first-order valence-electron chi connectivity index (χ1n) is 5.50. The first-order valence-corrected chi connectivity index (χ1v) is 5.50. The minimum Gasteiger partial charge on any atom is -0.392 e. The van der Waals surface area contributed by atoms with Crippen LogP contribution in [0.15, 0.2) is 12.2 Å². The third kappa shape index (κ3) is 4.80. The molecule has 0 aromatic heterocycles. The molecule has 0 spiro atoms. The van der Waals surface area contributed by atoms with Crippen molar-refractivity contribution in [3.8, 4) is 0 Å². The first-order chi connectivity index (χ1) is 6.46. The smallest absolute Gasteiger partial charge is 0.0796 e. The van der Waals surface area contributed by atoms with E-state index in [4.69, 9.17) is 0 Å². The van der Waals surface area contributed by atoms with E-state index in [-0.39, 0.29) is 10.8 Å². The minimum absolute atomic E-state index is 0.166. The molecule has 2 nitrogen and oxygen atoms in total. The van der Waals surface area contributed by atoms with Crippen LogP contribution in [0.4, 0.5) is 0 Å². The van der Waals surface area contributed by atoms with E-state index in [1.165, 1.54) is 0 Å². The fourth-order valence-corrected chi connectivity index (χ4v) is 1.28. The van der Waals surface area contributed by atoms with Gasteiger partial charge in [-0.25, -0.2) is 0 Å². The Morgan fingerprint density at radius 3 is 1.67 bits per heavy atom. The Bertz CT molecular complexity index is 218. The van der Waals surface area contributed by atoms with Gasteiger partial charge in [-0.2, -0.15) is 0 Å². The topological polar surface area (TPSA) is 40.5 Å². The molecule has 0 amide bonds. The third-order valence-corrected chi connectivity index (χ3v) is 2.66. The van der Waals surface area contributed by atoms with Crippen LogP contribution in [-0.2, 0) is 0 Å². The van der Waals surface area contributed by atoms with E-state index >= 15 is 0 Å². The van der Waals surface area contributed by atoms with Gasteiger partial charge in [0.1, 0.15) is 0 Å². The second kappa shape index (κ2) is 4.67. The van der Waals surface area contributed by atoms with Crippen molar-refractivity contribution in [3.63, 3.8) is 0 Å². The van der Waals surface area contributed by atoms with Crippen molar-refractivity contribution >= 4 is 0 Å². The predicted molar refractivity (Wildman–Crippen MR) is 64.7 cm³/mol. The van der Waals surface area contributed by atoms with E-state index in [1.54, 1.807) is 0 Å². The maximum atomic E-state index is 9.96. The summed E-state index contributed by atoms with van der Waals surface area (Å²) in [5.74, 6) is 0. The lowest BCUT2D eigenvalue weighted by atomic mass is 9.79. The van der Waals surface area contributed by atoms with Crippen LogP contribution in [0.1, 0.15) is 48.0 Å². The predicted octanol–water partition coefficient (Wildman–Crippen LogP) is 2.75. The first kappa shape index (κ1) is 14.7. The van der Waals surface area contributed by atoms with Gasteiger partial charge in [0, 0.05) is 0 Å². The summed E-state index contributed by atoms with van der Waals surface area (Å²) >= 11 is 0.